The number of amides is 1. The minimum absolute atomic E-state index is 0.0500. The number of nitrogens with zero attached hydrogens (tertiary/aromatic N) is 4. The topological polar surface area (TPSA) is 71.0 Å². The van der Waals surface area contributed by atoms with Crippen molar-refractivity contribution in [3.05, 3.63) is 83.1 Å². The van der Waals surface area contributed by atoms with E-state index >= 15 is 0 Å². The molecule has 0 spiro atoms. The molecule has 1 aliphatic heterocycles. The fourth-order valence-electron chi connectivity index (χ4n) is 4.36. The number of carbonyl (C=O) groups is 1. The van der Waals surface area contributed by atoms with Crippen LogP contribution in [-0.2, 0) is 0 Å². The molecule has 1 atom stereocenters. The molecular formula is C26H24BrN5O. The van der Waals surface area contributed by atoms with Crippen LogP contribution in [-0.4, -0.2) is 44.9 Å². The molecule has 0 aliphatic carbocycles. The predicted octanol–water partition coefficient (Wildman–Crippen LogP) is 5.56. The zero-order valence-electron chi connectivity index (χ0n) is 18.1. The molecule has 4 aromatic rings. The Bertz CT molecular complexity index is 1260. The molecule has 2 aromatic carbocycles. The number of fused-ring (bicyclic) bond motifs is 1. The molecule has 0 radical (unpaired) electrons. The number of benzene rings is 2. The molecule has 1 aliphatic rings. The van der Waals surface area contributed by atoms with Crippen LogP contribution in [0.3, 0.4) is 0 Å². The lowest BCUT2D eigenvalue weighted by Crippen LogP contribution is -2.47. The summed E-state index contributed by atoms with van der Waals surface area (Å²) >= 11 is 3.36. The Hall–Kier alpha value is -3.32. The summed E-state index contributed by atoms with van der Waals surface area (Å²) < 4.78 is 0.835. The number of hydrogen-bond donors (Lipinski definition) is 1. The fourth-order valence-corrected chi connectivity index (χ4v) is 4.56. The standard InChI is InChI=1S/C26H24BrN5O/c27-19-15-28-26(29-16-19)30-17-20-10-6-7-13-32(20)25(33)22-14-24(18-8-2-1-3-9-18)31-23-12-5-4-11-21(22)23/h1-5,8-9,11-12,14-16,20H,6-7,10,13,17H2,(H,28,29,30). The molecule has 1 N–H and O–H groups in total. The summed E-state index contributed by atoms with van der Waals surface area (Å²) in [6.45, 7) is 1.35. The number of carbonyl (C=O) groups excluding carboxylic acids is 1. The maximum atomic E-state index is 13.9. The Labute approximate surface area is 201 Å². The number of halogens is 1. The van der Waals surface area contributed by atoms with Gasteiger partial charge in [-0.1, -0.05) is 48.5 Å². The molecule has 1 fully saturated rings. The summed E-state index contributed by atoms with van der Waals surface area (Å²) in [5.41, 5.74) is 3.34. The summed E-state index contributed by atoms with van der Waals surface area (Å²) in [5.74, 6) is 0.617. The first-order valence-electron chi connectivity index (χ1n) is 11.2. The molecule has 2 aromatic heterocycles. The van der Waals surface area contributed by atoms with Gasteiger partial charge >= 0.3 is 0 Å². The molecule has 1 amide bonds. The highest BCUT2D eigenvalue weighted by molar-refractivity contribution is 9.10. The molecule has 166 valence electrons. The van der Waals surface area contributed by atoms with Gasteiger partial charge in [-0.3, -0.25) is 4.79 Å². The first kappa shape index (κ1) is 21.5. The Morgan fingerprint density at radius 3 is 2.61 bits per heavy atom. The number of para-hydroxylation sites is 1. The van der Waals surface area contributed by atoms with E-state index in [1.807, 2.05) is 65.6 Å². The summed E-state index contributed by atoms with van der Waals surface area (Å²) in [6, 6.07) is 19.9. The number of piperidine rings is 1. The van der Waals surface area contributed by atoms with Gasteiger partial charge in [0.1, 0.15) is 0 Å². The van der Waals surface area contributed by atoms with Crippen LogP contribution in [0.15, 0.2) is 77.5 Å². The van der Waals surface area contributed by atoms with E-state index in [1.54, 1.807) is 12.4 Å². The Kier molecular flexibility index (Phi) is 6.30. The molecule has 5 rings (SSSR count). The number of hydrogen-bond acceptors (Lipinski definition) is 5. The van der Waals surface area contributed by atoms with Gasteiger partial charge in [0.05, 0.1) is 21.2 Å². The second kappa shape index (κ2) is 9.67. The predicted molar refractivity (Wildman–Crippen MR) is 134 cm³/mol. The molecule has 3 heterocycles. The first-order chi connectivity index (χ1) is 16.2. The Morgan fingerprint density at radius 1 is 1.03 bits per heavy atom. The van der Waals surface area contributed by atoms with E-state index in [4.69, 9.17) is 4.98 Å². The molecular weight excluding hydrogens is 478 g/mol. The van der Waals surface area contributed by atoms with Crippen molar-refractivity contribution in [1.29, 1.82) is 0 Å². The van der Waals surface area contributed by atoms with Gasteiger partial charge in [-0.2, -0.15) is 0 Å². The molecule has 1 unspecified atom stereocenters. The Balaban J connectivity index is 1.46. The molecule has 0 bridgehead atoms. The SMILES string of the molecule is O=C(c1cc(-c2ccccc2)nc2ccccc12)N1CCCCC1CNc1ncc(Br)cn1. The minimum Gasteiger partial charge on any atom is -0.352 e. The normalized spacial score (nSPS) is 16.0. The van der Waals surface area contributed by atoms with Crippen molar-refractivity contribution in [1.82, 2.24) is 19.9 Å². The number of aromatic nitrogens is 3. The van der Waals surface area contributed by atoms with Crippen molar-refractivity contribution in [3.8, 4) is 11.3 Å². The number of anilines is 1. The molecule has 6 nitrogen and oxygen atoms in total. The monoisotopic (exact) mass is 501 g/mol. The summed E-state index contributed by atoms with van der Waals surface area (Å²) in [6.07, 6.45) is 6.49. The van der Waals surface area contributed by atoms with Crippen molar-refractivity contribution in [2.75, 3.05) is 18.4 Å². The lowest BCUT2D eigenvalue weighted by atomic mass is 9.98. The van der Waals surface area contributed by atoms with Gasteiger partial charge in [-0.15, -0.1) is 0 Å². The highest BCUT2D eigenvalue weighted by Gasteiger charge is 2.29. The van der Waals surface area contributed by atoms with Crippen LogP contribution in [0.4, 0.5) is 5.95 Å². The smallest absolute Gasteiger partial charge is 0.254 e. The van der Waals surface area contributed by atoms with Crippen LogP contribution >= 0.6 is 15.9 Å². The van der Waals surface area contributed by atoms with Crippen LogP contribution < -0.4 is 5.32 Å². The largest absolute Gasteiger partial charge is 0.352 e. The van der Waals surface area contributed by atoms with Gasteiger partial charge in [0.25, 0.3) is 5.91 Å². The van der Waals surface area contributed by atoms with Gasteiger partial charge in [0.15, 0.2) is 0 Å². The lowest BCUT2D eigenvalue weighted by Gasteiger charge is -2.36. The maximum absolute atomic E-state index is 13.9. The van der Waals surface area contributed by atoms with Crippen LogP contribution in [0.2, 0.25) is 0 Å². The van der Waals surface area contributed by atoms with Gasteiger partial charge in [0.2, 0.25) is 5.95 Å². The van der Waals surface area contributed by atoms with Gasteiger partial charge < -0.3 is 10.2 Å². The summed E-state index contributed by atoms with van der Waals surface area (Å²) in [4.78, 5) is 29.3. The molecule has 33 heavy (non-hydrogen) atoms. The zero-order valence-corrected chi connectivity index (χ0v) is 19.7. The summed E-state index contributed by atoms with van der Waals surface area (Å²) in [7, 11) is 0. The van der Waals surface area contributed by atoms with E-state index in [0.717, 1.165) is 52.4 Å². The van der Waals surface area contributed by atoms with Crippen molar-refractivity contribution < 1.29 is 4.79 Å². The quantitative estimate of drug-likeness (QED) is 0.387. The molecule has 1 saturated heterocycles. The number of rotatable bonds is 5. The van der Waals surface area contributed by atoms with E-state index in [-0.39, 0.29) is 11.9 Å². The third-order valence-electron chi connectivity index (χ3n) is 6.02. The third-order valence-corrected chi connectivity index (χ3v) is 6.43. The van der Waals surface area contributed by atoms with E-state index in [9.17, 15) is 4.79 Å². The van der Waals surface area contributed by atoms with Crippen molar-refractivity contribution in [3.63, 3.8) is 0 Å². The van der Waals surface area contributed by atoms with Gasteiger partial charge in [-0.05, 0) is 47.3 Å². The highest BCUT2D eigenvalue weighted by atomic mass is 79.9. The highest BCUT2D eigenvalue weighted by Crippen LogP contribution is 2.28. The van der Waals surface area contributed by atoms with Crippen LogP contribution in [0.1, 0.15) is 29.6 Å². The lowest BCUT2D eigenvalue weighted by molar-refractivity contribution is 0.0630. The summed E-state index contributed by atoms with van der Waals surface area (Å²) in [5, 5.41) is 4.19. The number of nitrogens with one attached hydrogen (secondary N) is 1. The van der Waals surface area contributed by atoms with E-state index in [2.05, 4.69) is 31.2 Å². The van der Waals surface area contributed by atoms with Crippen molar-refractivity contribution >= 4 is 38.7 Å². The van der Waals surface area contributed by atoms with E-state index in [1.165, 1.54) is 0 Å². The van der Waals surface area contributed by atoms with E-state index in [0.29, 0.717) is 18.1 Å². The van der Waals surface area contributed by atoms with Crippen LogP contribution in [0.25, 0.3) is 22.2 Å². The number of pyridine rings is 1. The second-order valence-electron chi connectivity index (χ2n) is 8.19. The number of likely N-dealkylation sites (tertiary alicyclic amines) is 1. The van der Waals surface area contributed by atoms with E-state index < -0.39 is 0 Å². The van der Waals surface area contributed by atoms with Crippen molar-refractivity contribution in [2.24, 2.45) is 0 Å². The van der Waals surface area contributed by atoms with Crippen molar-refractivity contribution in [2.45, 2.75) is 25.3 Å². The maximum Gasteiger partial charge on any atom is 0.254 e. The molecule has 7 heteroatoms. The minimum atomic E-state index is 0.0500. The third kappa shape index (κ3) is 4.73. The first-order valence-corrected chi connectivity index (χ1v) is 12.0. The van der Waals surface area contributed by atoms with Gasteiger partial charge in [-0.25, -0.2) is 15.0 Å². The average Bonchev–Trinajstić information content (AvgIpc) is 2.88. The van der Waals surface area contributed by atoms with Crippen LogP contribution in [0, 0.1) is 0 Å². The van der Waals surface area contributed by atoms with Crippen LogP contribution in [0.5, 0.6) is 0 Å². The second-order valence-corrected chi connectivity index (χ2v) is 9.11. The van der Waals surface area contributed by atoms with Gasteiger partial charge in [0, 0.05) is 42.5 Å². The molecule has 0 saturated carbocycles. The Morgan fingerprint density at radius 2 is 1.79 bits per heavy atom. The fraction of sp³-hybridized carbons (Fsp3) is 0.231. The zero-order chi connectivity index (χ0) is 22.6. The average molecular weight is 502 g/mol.